The van der Waals surface area contributed by atoms with Crippen LogP contribution >= 0.6 is 77.2 Å². The second-order valence-corrected chi connectivity index (χ2v) is 22.1. The molecule has 4 aromatic heterocycles. The molecule has 322 valence electrons. The number of fused-ring (bicyclic) bond motifs is 4. The van der Waals surface area contributed by atoms with Crippen LogP contribution in [0.15, 0.2) is 164 Å². The number of aromatic hydroxyl groups is 3. The van der Waals surface area contributed by atoms with E-state index >= 15 is 9.59 Å². The fraction of sp³-hybridized carbons (Fsp3) is 0.0545. The number of thiophene rings is 2. The van der Waals surface area contributed by atoms with Gasteiger partial charge in [-0.15, -0.1) is 22.7 Å². The zero-order chi connectivity index (χ0) is 45.5. The van der Waals surface area contributed by atoms with Crippen molar-refractivity contribution >= 4 is 118 Å². The Hall–Kier alpha value is -5.92. The van der Waals surface area contributed by atoms with Crippen LogP contribution in [0.5, 0.6) is 15.9 Å². The highest BCUT2D eigenvalue weighted by atomic mass is 79.9. The van der Waals surface area contributed by atoms with Gasteiger partial charge in [-0.3, -0.25) is 9.59 Å². The number of rotatable bonds is 7. The average molecular weight is 1060 g/mol. The Labute approximate surface area is 411 Å². The van der Waals surface area contributed by atoms with Crippen LogP contribution in [0.1, 0.15) is 33.7 Å². The van der Waals surface area contributed by atoms with E-state index in [0.29, 0.717) is 25.7 Å². The van der Waals surface area contributed by atoms with E-state index in [0.717, 1.165) is 106 Å². The van der Waals surface area contributed by atoms with Crippen molar-refractivity contribution in [1.82, 2.24) is 0 Å². The van der Waals surface area contributed by atoms with Crippen molar-refractivity contribution in [3.8, 4) is 59.0 Å². The molecular weight excluding hydrogens is 1030 g/mol. The summed E-state index contributed by atoms with van der Waals surface area (Å²) in [5.74, 6) is -1.20. The van der Waals surface area contributed by atoms with Gasteiger partial charge in [0.1, 0.15) is 5.75 Å². The molecule has 0 spiro atoms. The summed E-state index contributed by atoms with van der Waals surface area (Å²) in [5.41, 5.74) is 7.33. The Kier molecular flexibility index (Phi) is 10.8. The number of benzene rings is 7. The molecule has 0 radical (unpaired) electrons. The molecule has 11 aromatic rings. The number of halogens is 2. The van der Waals surface area contributed by atoms with Gasteiger partial charge in [-0.25, -0.2) is 0 Å². The first kappa shape index (κ1) is 42.7. The standard InChI is InChI=1S/C55H34Br2O5S4/c1-27-48-37(41(29-13-19-34(56)20-14-29)52(63-48)32-9-5-3-6-10-32)25-39-46(59)44(54(61)65-50(27)39)43(31-17-23-36(58)24-18-31)45-47(60)40-26-38-42(30-15-21-35(57)22-16-30)53(33-11-7-4-8-12-33)64-49(38)28(2)51(40)66-55(45)62/h3-26,43,58,61-62H,1-2H3. The second kappa shape index (κ2) is 16.7. The van der Waals surface area contributed by atoms with Crippen LogP contribution in [0.2, 0.25) is 0 Å². The number of phenolic OH excluding ortho intramolecular Hbond substituents is 1. The molecule has 0 atom stereocenters. The molecule has 0 saturated heterocycles. The summed E-state index contributed by atoms with van der Waals surface area (Å²) in [5, 5.41) is 37.0. The minimum atomic E-state index is -1.19. The quantitative estimate of drug-likeness (QED) is 0.148. The van der Waals surface area contributed by atoms with Gasteiger partial charge in [0.2, 0.25) is 0 Å². The van der Waals surface area contributed by atoms with Crippen LogP contribution in [0.25, 0.3) is 83.5 Å². The van der Waals surface area contributed by atoms with Crippen molar-refractivity contribution in [3.05, 3.63) is 203 Å². The Balaban J connectivity index is 1.19. The molecule has 0 aliphatic rings. The molecule has 66 heavy (non-hydrogen) atoms. The predicted octanol–water partition coefficient (Wildman–Crippen LogP) is 16.4. The third-order valence-electron chi connectivity index (χ3n) is 12.3. The molecule has 0 amide bonds. The van der Waals surface area contributed by atoms with Crippen LogP contribution in [-0.4, -0.2) is 15.3 Å². The van der Waals surface area contributed by atoms with Gasteiger partial charge in [-0.1, -0.05) is 152 Å². The SMILES string of the molecule is Cc1c2sc(-c3ccccc3)c(-c3ccc(Br)cc3)c2cc2c(=O)c(C(c3ccc(O)cc3)c3c(O)sc4c(C)c5sc(-c6ccccc6)c(-c6ccc(Br)cc6)c5cc4c3=O)c(O)sc12. The maximum atomic E-state index is 15.5. The summed E-state index contributed by atoms with van der Waals surface area (Å²) in [7, 11) is 0. The van der Waals surface area contributed by atoms with Gasteiger partial charge in [-0.05, 0) is 101 Å². The lowest BCUT2D eigenvalue weighted by Crippen LogP contribution is -2.21. The monoisotopic (exact) mass is 1060 g/mol. The summed E-state index contributed by atoms with van der Waals surface area (Å²) >= 11 is 12.7. The van der Waals surface area contributed by atoms with E-state index in [1.54, 1.807) is 34.8 Å². The Morgan fingerprint density at radius 2 is 0.818 bits per heavy atom. The van der Waals surface area contributed by atoms with Crippen molar-refractivity contribution < 1.29 is 15.3 Å². The van der Waals surface area contributed by atoms with Gasteiger partial charge < -0.3 is 15.3 Å². The second-order valence-electron chi connectivity index (χ2n) is 16.2. The molecule has 0 bridgehead atoms. The molecule has 5 nitrogen and oxygen atoms in total. The van der Waals surface area contributed by atoms with Crippen LogP contribution < -0.4 is 10.9 Å². The van der Waals surface area contributed by atoms with E-state index < -0.39 is 16.8 Å². The Morgan fingerprint density at radius 3 is 1.21 bits per heavy atom. The van der Waals surface area contributed by atoms with Crippen LogP contribution in [-0.2, 0) is 0 Å². The van der Waals surface area contributed by atoms with Crippen LogP contribution in [0.3, 0.4) is 0 Å². The first-order valence-corrected chi connectivity index (χ1v) is 25.7. The summed E-state index contributed by atoms with van der Waals surface area (Å²) in [6.45, 7) is 3.97. The number of phenols is 1. The smallest absolute Gasteiger partial charge is 0.196 e. The van der Waals surface area contributed by atoms with Gasteiger partial charge in [0, 0.05) is 70.2 Å². The first-order valence-electron chi connectivity index (χ1n) is 20.9. The number of hydrogen-bond donors (Lipinski definition) is 3. The highest BCUT2D eigenvalue weighted by Gasteiger charge is 2.33. The van der Waals surface area contributed by atoms with Crippen LogP contribution in [0, 0.1) is 13.8 Å². The molecule has 0 aliphatic carbocycles. The van der Waals surface area contributed by atoms with E-state index in [-0.39, 0.29) is 27.0 Å². The minimum Gasteiger partial charge on any atom is -0.508 e. The summed E-state index contributed by atoms with van der Waals surface area (Å²) < 4.78 is 5.18. The third kappa shape index (κ3) is 7.03. The average Bonchev–Trinajstić information content (AvgIpc) is 3.91. The summed E-state index contributed by atoms with van der Waals surface area (Å²) in [4.78, 5) is 33.0. The van der Waals surface area contributed by atoms with E-state index in [1.165, 1.54) is 12.1 Å². The Bertz CT molecular complexity index is 3620. The van der Waals surface area contributed by atoms with Crippen molar-refractivity contribution in [3.63, 3.8) is 0 Å². The van der Waals surface area contributed by atoms with Gasteiger partial charge in [0.05, 0.1) is 17.0 Å². The zero-order valence-electron chi connectivity index (χ0n) is 35.0. The van der Waals surface area contributed by atoms with E-state index in [9.17, 15) is 15.3 Å². The molecule has 4 heterocycles. The minimum absolute atomic E-state index is 0.00591. The molecule has 0 saturated carbocycles. The highest BCUT2D eigenvalue weighted by molar-refractivity contribution is 9.10. The molecule has 11 rings (SSSR count). The van der Waals surface area contributed by atoms with E-state index in [4.69, 9.17) is 0 Å². The highest BCUT2D eigenvalue weighted by Crippen LogP contribution is 2.52. The van der Waals surface area contributed by atoms with Gasteiger partial charge in [0.25, 0.3) is 0 Å². The molecular formula is C55H34Br2O5S4. The lowest BCUT2D eigenvalue weighted by Gasteiger charge is -2.21. The van der Waals surface area contributed by atoms with Gasteiger partial charge >= 0.3 is 0 Å². The van der Waals surface area contributed by atoms with Crippen LogP contribution in [0.4, 0.5) is 0 Å². The molecule has 0 unspecified atom stereocenters. The Morgan fingerprint density at radius 1 is 0.439 bits per heavy atom. The predicted molar refractivity (Wildman–Crippen MR) is 286 cm³/mol. The normalized spacial score (nSPS) is 11.8. The van der Waals surface area contributed by atoms with Crippen molar-refractivity contribution in [2.45, 2.75) is 19.8 Å². The molecule has 0 aliphatic heterocycles. The number of hydrogen-bond acceptors (Lipinski definition) is 9. The maximum absolute atomic E-state index is 15.5. The molecule has 11 heteroatoms. The zero-order valence-corrected chi connectivity index (χ0v) is 41.4. The van der Waals surface area contributed by atoms with E-state index in [1.807, 2.05) is 86.6 Å². The first-order chi connectivity index (χ1) is 32.0. The maximum Gasteiger partial charge on any atom is 0.196 e. The molecule has 0 fully saturated rings. The van der Waals surface area contributed by atoms with E-state index in [2.05, 4.69) is 80.4 Å². The topological polar surface area (TPSA) is 94.8 Å². The van der Waals surface area contributed by atoms with Gasteiger partial charge in [-0.2, -0.15) is 0 Å². The summed E-state index contributed by atoms with van der Waals surface area (Å²) in [6.07, 6.45) is 0. The van der Waals surface area contributed by atoms with Crippen molar-refractivity contribution in [2.24, 2.45) is 0 Å². The number of aryl methyl sites for hydroxylation is 2. The van der Waals surface area contributed by atoms with Crippen molar-refractivity contribution in [1.29, 1.82) is 0 Å². The largest absolute Gasteiger partial charge is 0.508 e. The molecule has 7 aromatic carbocycles. The lowest BCUT2D eigenvalue weighted by molar-refractivity contribution is 0.472. The molecule has 3 N–H and O–H groups in total. The van der Waals surface area contributed by atoms with Gasteiger partial charge in [0.15, 0.2) is 21.0 Å². The third-order valence-corrected chi connectivity index (χ3v) is 18.4. The fourth-order valence-corrected chi connectivity index (χ4v) is 14.5. The van der Waals surface area contributed by atoms with Crippen molar-refractivity contribution in [2.75, 3.05) is 0 Å². The fourth-order valence-electron chi connectivity index (χ4n) is 9.18. The lowest BCUT2D eigenvalue weighted by atomic mass is 9.85. The summed E-state index contributed by atoms with van der Waals surface area (Å²) in [6, 6.07) is 46.8.